The van der Waals surface area contributed by atoms with Gasteiger partial charge < -0.3 is 5.11 Å². The van der Waals surface area contributed by atoms with Gasteiger partial charge >= 0.3 is 0 Å². The Morgan fingerprint density at radius 3 is 2.77 bits per heavy atom. The molecular formula is C12H24O. The predicted octanol–water partition coefficient (Wildman–Crippen LogP) is 3.36. The Morgan fingerprint density at radius 1 is 1.54 bits per heavy atom. The Hall–Kier alpha value is -0.0400. The second-order valence-electron chi connectivity index (χ2n) is 4.99. The first-order chi connectivity index (χ1) is 6.08. The van der Waals surface area contributed by atoms with Crippen LogP contribution < -0.4 is 0 Å². The first-order valence-corrected chi connectivity index (χ1v) is 5.81. The molecule has 0 radical (unpaired) electrons. The molecule has 13 heavy (non-hydrogen) atoms. The van der Waals surface area contributed by atoms with E-state index in [0.29, 0.717) is 5.92 Å². The fourth-order valence-electron chi connectivity index (χ4n) is 2.71. The van der Waals surface area contributed by atoms with Crippen LogP contribution in [-0.4, -0.2) is 10.7 Å². The molecular weight excluding hydrogens is 160 g/mol. The standard InChI is InChI=1S/C12H24O/c1-4-6-11(3)12(13)8-5-7-10(2)9-12/h10-11,13H,4-9H2,1-3H3. The normalized spacial score (nSPS) is 37.4. The molecule has 78 valence electrons. The molecule has 0 heterocycles. The molecule has 3 unspecified atom stereocenters. The molecule has 0 spiro atoms. The summed E-state index contributed by atoms with van der Waals surface area (Å²) in [6.45, 7) is 6.68. The van der Waals surface area contributed by atoms with Crippen LogP contribution in [0.4, 0.5) is 0 Å². The smallest absolute Gasteiger partial charge is 0.0675 e. The molecule has 1 saturated carbocycles. The second kappa shape index (κ2) is 4.45. The summed E-state index contributed by atoms with van der Waals surface area (Å²) in [5.41, 5.74) is -0.340. The zero-order valence-electron chi connectivity index (χ0n) is 9.34. The number of hydrogen-bond acceptors (Lipinski definition) is 1. The number of aliphatic hydroxyl groups is 1. The van der Waals surface area contributed by atoms with E-state index in [1.807, 2.05) is 0 Å². The van der Waals surface area contributed by atoms with Crippen molar-refractivity contribution in [2.75, 3.05) is 0 Å². The Kier molecular flexibility index (Phi) is 3.78. The quantitative estimate of drug-likeness (QED) is 0.713. The van der Waals surface area contributed by atoms with Crippen LogP contribution in [0.2, 0.25) is 0 Å². The summed E-state index contributed by atoms with van der Waals surface area (Å²) in [5.74, 6) is 1.21. The van der Waals surface area contributed by atoms with Crippen LogP contribution in [0.5, 0.6) is 0 Å². The van der Waals surface area contributed by atoms with Crippen LogP contribution in [0.25, 0.3) is 0 Å². The molecule has 0 bridgehead atoms. The lowest BCUT2D eigenvalue weighted by molar-refractivity contribution is -0.0596. The molecule has 1 aliphatic rings. The van der Waals surface area contributed by atoms with Gasteiger partial charge in [-0.3, -0.25) is 0 Å². The average molecular weight is 184 g/mol. The van der Waals surface area contributed by atoms with Crippen LogP contribution in [0.3, 0.4) is 0 Å². The van der Waals surface area contributed by atoms with Crippen molar-refractivity contribution in [3.8, 4) is 0 Å². The highest BCUT2D eigenvalue weighted by Gasteiger charge is 2.36. The van der Waals surface area contributed by atoms with Gasteiger partial charge in [-0.25, -0.2) is 0 Å². The minimum Gasteiger partial charge on any atom is -0.390 e. The maximum Gasteiger partial charge on any atom is 0.0675 e. The third kappa shape index (κ3) is 2.70. The monoisotopic (exact) mass is 184 g/mol. The molecule has 1 nitrogen and oxygen atoms in total. The van der Waals surface area contributed by atoms with Crippen LogP contribution in [0.1, 0.15) is 59.3 Å². The Labute approximate surface area is 82.5 Å². The highest BCUT2D eigenvalue weighted by atomic mass is 16.3. The van der Waals surface area contributed by atoms with Crippen molar-refractivity contribution >= 4 is 0 Å². The van der Waals surface area contributed by atoms with Crippen LogP contribution >= 0.6 is 0 Å². The van der Waals surface area contributed by atoms with E-state index >= 15 is 0 Å². The summed E-state index contributed by atoms with van der Waals surface area (Å²) in [6, 6.07) is 0. The first kappa shape index (κ1) is 11.0. The lowest BCUT2D eigenvalue weighted by Crippen LogP contribution is -2.40. The lowest BCUT2D eigenvalue weighted by atomic mass is 9.71. The topological polar surface area (TPSA) is 20.2 Å². The number of hydrogen-bond donors (Lipinski definition) is 1. The largest absolute Gasteiger partial charge is 0.390 e. The highest BCUT2D eigenvalue weighted by Crippen LogP contribution is 2.38. The van der Waals surface area contributed by atoms with Gasteiger partial charge in [0.15, 0.2) is 0 Å². The van der Waals surface area contributed by atoms with Crippen molar-refractivity contribution in [3.63, 3.8) is 0 Å². The number of rotatable bonds is 3. The van der Waals surface area contributed by atoms with E-state index in [-0.39, 0.29) is 5.60 Å². The van der Waals surface area contributed by atoms with E-state index < -0.39 is 0 Å². The maximum atomic E-state index is 10.4. The Bertz CT molecular complexity index is 155. The first-order valence-electron chi connectivity index (χ1n) is 5.81. The van der Waals surface area contributed by atoms with E-state index in [1.54, 1.807) is 0 Å². The molecule has 0 aliphatic heterocycles. The minimum absolute atomic E-state index is 0.340. The summed E-state index contributed by atoms with van der Waals surface area (Å²) < 4.78 is 0. The summed E-state index contributed by atoms with van der Waals surface area (Å²) in [5, 5.41) is 10.4. The fourth-order valence-corrected chi connectivity index (χ4v) is 2.71. The molecule has 1 heteroatoms. The van der Waals surface area contributed by atoms with Gasteiger partial charge in [0.1, 0.15) is 0 Å². The van der Waals surface area contributed by atoms with E-state index in [1.165, 1.54) is 25.7 Å². The average Bonchev–Trinajstić information content (AvgIpc) is 2.04. The third-order valence-corrected chi connectivity index (χ3v) is 3.65. The predicted molar refractivity (Wildman–Crippen MR) is 56.7 cm³/mol. The van der Waals surface area contributed by atoms with Gasteiger partial charge in [0.25, 0.3) is 0 Å². The Balaban J connectivity index is 2.52. The van der Waals surface area contributed by atoms with Crippen molar-refractivity contribution < 1.29 is 5.11 Å². The van der Waals surface area contributed by atoms with Gasteiger partial charge in [-0.05, 0) is 31.1 Å². The van der Waals surface area contributed by atoms with Crippen molar-refractivity contribution in [1.29, 1.82) is 0 Å². The molecule has 1 fully saturated rings. The highest BCUT2D eigenvalue weighted by molar-refractivity contribution is 4.88. The van der Waals surface area contributed by atoms with Gasteiger partial charge in [-0.2, -0.15) is 0 Å². The van der Waals surface area contributed by atoms with Crippen molar-refractivity contribution in [2.24, 2.45) is 11.8 Å². The lowest BCUT2D eigenvalue weighted by Gasteiger charge is -2.40. The SMILES string of the molecule is CCCC(C)C1(O)CCCC(C)C1. The molecule has 1 rings (SSSR count). The minimum atomic E-state index is -0.340. The summed E-state index contributed by atoms with van der Waals surface area (Å²) in [7, 11) is 0. The van der Waals surface area contributed by atoms with Gasteiger partial charge in [0.05, 0.1) is 5.60 Å². The summed E-state index contributed by atoms with van der Waals surface area (Å²) in [4.78, 5) is 0. The molecule has 3 atom stereocenters. The maximum absolute atomic E-state index is 10.4. The summed E-state index contributed by atoms with van der Waals surface area (Å²) >= 11 is 0. The van der Waals surface area contributed by atoms with Gasteiger partial charge in [0.2, 0.25) is 0 Å². The van der Waals surface area contributed by atoms with E-state index in [4.69, 9.17) is 0 Å². The molecule has 0 aromatic carbocycles. The van der Waals surface area contributed by atoms with Crippen molar-refractivity contribution in [2.45, 2.75) is 64.9 Å². The molecule has 1 aliphatic carbocycles. The van der Waals surface area contributed by atoms with Crippen molar-refractivity contribution in [1.82, 2.24) is 0 Å². The molecule has 0 aromatic heterocycles. The van der Waals surface area contributed by atoms with E-state index in [9.17, 15) is 5.11 Å². The van der Waals surface area contributed by atoms with E-state index in [0.717, 1.165) is 18.8 Å². The molecule has 0 amide bonds. The van der Waals surface area contributed by atoms with Crippen LogP contribution in [-0.2, 0) is 0 Å². The van der Waals surface area contributed by atoms with Crippen LogP contribution in [0.15, 0.2) is 0 Å². The zero-order valence-corrected chi connectivity index (χ0v) is 9.34. The second-order valence-corrected chi connectivity index (χ2v) is 4.99. The fraction of sp³-hybridized carbons (Fsp3) is 1.00. The zero-order chi connectivity index (χ0) is 9.90. The molecule has 0 saturated heterocycles. The summed E-state index contributed by atoms with van der Waals surface area (Å²) in [6.07, 6.45) is 6.93. The Morgan fingerprint density at radius 2 is 2.23 bits per heavy atom. The van der Waals surface area contributed by atoms with Crippen LogP contribution in [0, 0.1) is 11.8 Å². The molecule has 0 aromatic rings. The molecule has 1 N–H and O–H groups in total. The van der Waals surface area contributed by atoms with Crippen molar-refractivity contribution in [3.05, 3.63) is 0 Å². The van der Waals surface area contributed by atoms with Gasteiger partial charge in [-0.1, -0.05) is 40.0 Å². The third-order valence-electron chi connectivity index (χ3n) is 3.65. The van der Waals surface area contributed by atoms with Gasteiger partial charge in [0, 0.05) is 0 Å². The van der Waals surface area contributed by atoms with Gasteiger partial charge in [-0.15, -0.1) is 0 Å². The van der Waals surface area contributed by atoms with E-state index in [2.05, 4.69) is 20.8 Å².